The third kappa shape index (κ3) is 5.27. The van der Waals surface area contributed by atoms with Gasteiger partial charge in [-0.25, -0.2) is 0 Å². The molecule has 1 aliphatic heterocycles. The Morgan fingerprint density at radius 3 is 2.72 bits per heavy atom. The minimum atomic E-state index is -0.205. The van der Waals surface area contributed by atoms with Crippen LogP contribution in [0.25, 0.3) is 5.69 Å². The molecule has 0 atom stereocenters. The monoisotopic (exact) mass is 418 g/mol. The quantitative estimate of drug-likeness (QED) is 0.662. The van der Waals surface area contributed by atoms with Crippen molar-refractivity contribution in [3.05, 3.63) is 29.8 Å². The number of aromatic nitrogens is 3. The first-order valence-corrected chi connectivity index (χ1v) is 10.4. The number of hydrogen-bond donors (Lipinski definition) is 1. The number of amides is 2. The Morgan fingerprint density at radius 1 is 1.28 bits per heavy atom. The fraction of sp³-hybridized carbons (Fsp3) is 0.474. The molecule has 1 N–H and O–H groups in total. The Morgan fingerprint density at radius 2 is 2.03 bits per heavy atom. The largest absolute Gasteiger partial charge is 0.378 e. The molecule has 1 aromatic heterocycles. The Kier molecular flexibility index (Phi) is 7.10. The van der Waals surface area contributed by atoms with Gasteiger partial charge in [-0.1, -0.05) is 23.9 Å². The van der Waals surface area contributed by atoms with Gasteiger partial charge < -0.3 is 19.9 Å². The van der Waals surface area contributed by atoms with E-state index in [4.69, 9.17) is 4.74 Å². The second-order valence-electron chi connectivity index (χ2n) is 6.77. The Bertz CT molecular complexity index is 865. The van der Waals surface area contributed by atoms with Crippen LogP contribution >= 0.6 is 11.8 Å². The average Bonchev–Trinajstić information content (AvgIpc) is 3.16. The summed E-state index contributed by atoms with van der Waals surface area (Å²) in [6, 6.07) is 8.09. The Balaban J connectivity index is 1.82. The van der Waals surface area contributed by atoms with Crippen molar-refractivity contribution in [3.8, 4) is 5.69 Å². The van der Waals surface area contributed by atoms with Crippen LogP contribution < -0.4 is 10.2 Å². The smallest absolute Gasteiger partial charge is 0.239 e. The molecule has 1 saturated heterocycles. The molecule has 0 bridgehead atoms. The summed E-state index contributed by atoms with van der Waals surface area (Å²) in [5, 5.41) is 11.9. The second kappa shape index (κ2) is 9.75. The molecule has 2 heterocycles. The third-order valence-corrected chi connectivity index (χ3v) is 5.49. The molecule has 1 aromatic carbocycles. The summed E-state index contributed by atoms with van der Waals surface area (Å²) in [5.74, 6) is 0.557. The highest BCUT2D eigenvalue weighted by Gasteiger charge is 2.23. The van der Waals surface area contributed by atoms with Gasteiger partial charge in [0.25, 0.3) is 0 Å². The van der Waals surface area contributed by atoms with Crippen molar-refractivity contribution >= 4 is 29.5 Å². The Hall–Kier alpha value is -2.59. The van der Waals surface area contributed by atoms with Crippen molar-refractivity contribution in [1.82, 2.24) is 25.0 Å². The maximum Gasteiger partial charge on any atom is 0.239 e. The summed E-state index contributed by atoms with van der Waals surface area (Å²) in [5.41, 5.74) is 2.08. The van der Waals surface area contributed by atoms with Crippen LogP contribution in [0.2, 0.25) is 0 Å². The van der Waals surface area contributed by atoms with E-state index in [0.29, 0.717) is 18.4 Å². The molecule has 0 aliphatic carbocycles. The summed E-state index contributed by atoms with van der Waals surface area (Å²) in [4.78, 5) is 27.5. The van der Waals surface area contributed by atoms with E-state index in [-0.39, 0.29) is 24.1 Å². The van der Waals surface area contributed by atoms with Crippen LogP contribution in [0.15, 0.2) is 29.4 Å². The SMILES string of the molecule is CNC(=O)CN(C)C(=O)CSc1nnc(N2CCOCC2)n1-c1cccc(C)c1. The zero-order chi connectivity index (χ0) is 20.8. The van der Waals surface area contributed by atoms with Crippen LogP contribution in [0.4, 0.5) is 5.95 Å². The van der Waals surface area contributed by atoms with Crippen molar-refractivity contribution in [2.75, 3.05) is 57.6 Å². The first-order valence-electron chi connectivity index (χ1n) is 9.42. The highest BCUT2D eigenvalue weighted by molar-refractivity contribution is 7.99. The van der Waals surface area contributed by atoms with Gasteiger partial charge in [-0.15, -0.1) is 10.2 Å². The molecule has 10 heteroatoms. The van der Waals surface area contributed by atoms with Crippen LogP contribution in [-0.4, -0.2) is 84.2 Å². The van der Waals surface area contributed by atoms with E-state index in [2.05, 4.69) is 26.5 Å². The molecular weight excluding hydrogens is 392 g/mol. The molecule has 2 aromatic rings. The topological polar surface area (TPSA) is 92.6 Å². The molecule has 0 spiro atoms. The number of anilines is 1. The molecule has 0 saturated carbocycles. The lowest BCUT2D eigenvalue weighted by Gasteiger charge is -2.28. The summed E-state index contributed by atoms with van der Waals surface area (Å²) >= 11 is 1.31. The number of ether oxygens (including phenoxy) is 1. The van der Waals surface area contributed by atoms with Crippen molar-refractivity contribution in [3.63, 3.8) is 0 Å². The van der Waals surface area contributed by atoms with Gasteiger partial charge in [-0.05, 0) is 24.6 Å². The van der Waals surface area contributed by atoms with Gasteiger partial charge in [0, 0.05) is 27.2 Å². The molecule has 1 aliphatic rings. The normalized spacial score (nSPS) is 14.0. The van der Waals surface area contributed by atoms with Gasteiger partial charge in [0.15, 0.2) is 5.16 Å². The molecule has 1 fully saturated rings. The highest BCUT2D eigenvalue weighted by Crippen LogP contribution is 2.27. The van der Waals surface area contributed by atoms with Gasteiger partial charge in [0.05, 0.1) is 31.2 Å². The number of thioether (sulfide) groups is 1. The average molecular weight is 419 g/mol. The van der Waals surface area contributed by atoms with Crippen molar-refractivity contribution in [1.29, 1.82) is 0 Å². The lowest BCUT2D eigenvalue weighted by molar-refractivity contribution is -0.132. The minimum Gasteiger partial charge on any atom is -0.378 e. The molecule has 2 amide bonds. The number of rotatable bonds is 7. The van der Waals surface area contributed by atoms with E-state index >= 15 is 0 Å². The van der Waals surface area contributed by atoms with Gasteiger partial charge in [0.1, 0.15) is 0 Å². The maximum absolute atomic E-state index is 12.4. The lowest BCUT2D eigenvalue weighted by atomic mass is 10.2. The van der Waals surface area contributed by atoms with Crippen LogP contribution in [0.3, 0.4) is 0 Å². The standard InChI is InChI=1S/C19H26N6O3S/c1-14-5-4-6-15(11-14)25-18(24-7-9-28-10-8-24)21-22-19(25)29-13-17(27)23(3)12-16(26)20-2/h4-6,11H,7-10,12-13H2,1-3H3,(H,20,26). The highest BCUT2D eigenvalue weighted by atomic mass is 32.2. The van der Waals surface area contributed by atoms with Gasteiger partial charge in [0.2, 0.25) is 17.8 Å². The van der Waals surface area contributed by atoms with Crippen LogP contribution in [0.1, 0.15) is 5.56 Å². The predicted molar refractivity (Wildman–Crippen MR) is 112 cm³/mol. The number of carbonyl (C=O) groups excluding carboxylic acids is 2. The molecule has 156 valence electrons. The number of nitrogens with one attached hydrogen (secondary N) is 1. The van der Waals surface area contributed by atoms with Crippen molar-refractivity contribution < 1.29 is 14.3 Å². The van der Waals surface area contributed by atoms with Crippen LogP contribution in [0.5, 0.6) is 0 Å². The van der Waals surface area contributed by atoms with E-state index in [0.717, 1.165) is 30.3 Å². The third-order valence-electron chi connectivity index (χ3n) is 4.58. The van der Waals surface area contributed by atoms with Crippen LogP contribution in [0, 0.1) is 6.92 Å². The van der Waals surface area contributed by atoms with E-state index in [9.17, 15) is 9.59 Å². The first-order chi connectivity index (χ1) is 14.0. The molecular formula is C19H26N6O3S. The van der Waals surface area contributed by atoms with Gasteiger partial charge in [-0.3, -0.25) is 14.2 Å². The molecule has 9 nitrogen and oxygen atoms in total. The number of morpholine rings is 1. The zero-order valence-corrected chi connectivity index (χ0v) is 17.7. The predicted octanol–water partition coefficient (Wildman–Crippen LogP) is 0.709. The summed E-state index contributed by atoms with van der Waals surface area (Å²) < 4.78 is 7.43. The van der Waals surface area contributed by atoms with Crippen LogP contribution in [-0.2, 0) is 14.3 Å². The molecule has 3 rings (SSSR count). The molecule has 29 heavy (non-hydrogen) atoms. The summed E-state index contributed by atoms with van der Waals surface area (Å²) in [6.07, 6.45) is 0. The fourth-order valence-corrected chi connectivity index (χ4v) is 3.82. The van der Waals surface area contributed by atoms with Crippen molar-refractivity contribution in [2.24, 2.45) is 0 Å². The second-order valence-corrected chi connectivity index (χ2v) is 7.71. The number of aryl methyl sites for hydroxylation is 1. The number of nitrogens with zero attached hydrogens (tertiary/aromatic N) is 5. The van der Waals surface area contributed by atoms with E-state index in [1.165, 1.54) is 16.7 Å². The number of benzene rings is 1. The number of hydrogen-bond acceptors (Lipinski definition) is 7. The van der Waals surface area contributed by atoms with E-state index < -0.39 is 0 Å². The van der Waals surface area contributed by atoms with E-state index in [1.807, 2.05) is 29.7 Å². The fourth-order valence-electron chi connectivity index (χ4n) is 2.94. The summed E-state index contributed by atoms with van der Waals surface area (Å²) in [7, 11) is 3.16. The number of likely N-dealkylation sites (N-methyl/N-ethyl adjacent to an activating group) is 2. The molecule has 0 unspecified atom stereocenters. The van der Waals surface area contributed by atoms with Gasteiger partial charge >= 0.3 is 0 Å². The number of carbonyl (C=O) groups is 2. The summed E-state index contributed by atoms with van der Waals surface area (Å²) in [6.45, 7) is 4.83. The van der Waals surface area contributed by atoms with E-state index in [1.54, 1.807) is 14.1 Å². The lowest BCUT2D eigenvalue weighted by Crippen LogP contribution is -2.38. The minimum absolute atomic E-state index is 0.0273. The van der Waals surface area contributed by atoms with Crippen molar-refractivity contribution in [2.45, 2.75) is 12.1 Å². The first kappa shape index (κ1) is 21.1. The zero-order valence-electron chi connectivity index (χ0n) is 16.9. The van der Waals surface area contributed by atoms with Gasteiger partial charge in [-0.2, -0.15) is 0 Å². The molecule has 0 radical (unpaired) electrons. The Labute approximate surface area is 174 Å². The maximum atomic E-state index is 12.4.